The van der Waals surface area contributed by atoms with Gasteiger partial charge in [0.1, 0.15) is 0 Å². The molecule has 2 aromatic carbocycles. The number of nitrogens with one attached hydrogen (secondary N) is 2. The van der Waals surface area contributed by atoms with Gasteiger partial charge in [-0.15, -0.1) is 11.8 Å². The smallest absolute Gasteiger partial charge is 0.326 e. The molecule has 2 N–H and O–H groups in total. The molecule has 0 aliphatic rings. The van der Waals surface area contributed by atoms with Crippen LogP contribution >= 0.6 is 23.4 Å². The number of rotatable bonds is 7. The zero-order chi connectivity index (χ0) is 20.7. The molecule has 28 heavy (non-hydrogen) atoms. The Labute approximate surface area is 169 Å². The van der Waals surface area contributed by atoms with Crippen LogP contribution in [0, 0.1) is 0 Å². The van der Waals surface area contributed by atoms with E-state index in [1.54, 1.807) is 24.3 Å². The fourth-order valence-electron chi connectivity index (χ4n) is 2.25. The standard InChI is InChI=1S/C19H18ClF3N2O2S/c1-2-4-17(26)24-13-5-3-6-14(10-13)28-11-18(27)25-16-9-12(19(21,22)23)7-8-15(16)20/h3,5-10H,2,4,11H2,1H3,(H,24,26)(H,25,27). The van der Waals surface area contributed by atoms with E-state index >= 15 is 0 Å². The molecule has 0 aliphatic heterocycles. The number of amides is 2. The van der Waals surface area contributed by atoms with Crippen molar-refractivity contribution < 1.29 is 22.8 Å². The lowest BCUT2D eigenvalue weighted by Gasteiger charge is -2.12. The first-order valence-electron chi connectivity index (χ1n) is 8.38. The van der Waals surface area contributed by atoms with Crippen LogP contribution in [0.1, 0.15) is 25.3 Å². The Morgan fingerprint density at radius 1 is 1.07 bits per heavy atom. The lowest BCUT2D eigenvalue weighted by atomic mass is 10.2. The molecule has 0 fully saturated rings. The average molecular weight is 431 g/mol. The van der Waals surface area contributed by atoms with Crippen molar-refractivity contribution in [2.45, 2.75) is 30.8 Å². The summed E-state index contributed by atoms with van der Waals surface area (Å²) in [4.78, 5) is 24.5. The van der Waals surface area contributed by atoms with Crippen molar-refractivity contribution in [3.63, 3.8) is 0 Å². The maximum atomic E-state index is 12.8. The molecule has 4 nitrogen and oxygen atoms in total. The summed E-state index contributed by atoms with van der Waals surface area (Å²) in [5.41, 5.74) is -0.372. The highest BCUT2D eigenvalue weighted by Gasteiger charge is 2.31. The zero-order valence-corrected chi connectivity index (χ0v) is 16.5. The molecule has 0 aliphatic carbocycles. The molecule has 2 rings (SSSR count). The van der Waals surface area contributed by atoms with E-state index in [-0.39, 0.29) is 22.4 Å². The molecule has 0 bridgehead atoms. The van der Waals surface area contributed by atoms with E-state index in [4.69, 9.17) is 11.6 Å². The van der Waals surface area contributed by atoms with Crippen LogP contribution in [-0.4, -0.2) is 17.6 Å². The minimum absolute atomic E-state index is 0.0204. The van der Waals surface area contributed by atoms with Gasteiger partial charge in [0.05, 0.1) is 22.0 Å². The highest BCUT2D eigenvalue weighted by atomic mass is 35.5. The van der Waals surface area contributed by atoms with E-state index in [9.17, 15) is 22.8 Å². The van der Waals surface area contributed by atoms with Crippen LogP contribution in [-0.2, 0) is 15.8 Å². The van der Waals surface area contributed by atoms with Crippen LogP contribution in [0.15, 0.2) is 47.4 Å². The third kappa shape index (κ3) is 6.76. The molecular formula is C19H18ClF3N2O2S. The predicted molar refractivity (Wildman–Crippen MR) is 106 cm³/mol. The normalized spacial score (nSPS) is 11.2. The molecule has 9 heteroatoms. The lowest BCUT2D eigenvalue weighted by molar-refractivity contribution is -0.137. The Morgan fingerprint density at radius 3 is 2.50 bits per heavy atom. The van der Waals surface area contributed by atoms with Crippen molar-refractivity contribution in [3.8, 4) is 0 Å². The van der Waals surface area contributed by atoms with Crippen molar-refractivity contribution in [1.82, 2.24) is 0 Å². The third-order valence-corrected chi connectivity index (χ3v) is 4.86. The highest BCUT2D eigenvalue weighted by Crippen LogP contribution is 2.34. The number of carbonyl (C=O) groups excluding carboxylic acids is 2. The summed E-state index contributed by atoms with van der Waals surface area (Å²) in [6, 6.07) is 9.72. The van der Waals surface area contributed by atoms with Gasteiger partial charge < -0.3 is 10.6 Å². The van der Waals surface area contributed by atoms with E-state index in [2.05, 4.69) is 10.6 Å². The minimum Gasteiger partial charge on any atom is -0.326 e. The molecule has 0 spiro atoms. The molecule has 0 saturated carbocycles. The van der Waals surface area contributed by atoms with E-state index in [1.165, 1.54) is 11.8 Å². The Morgan fingerprint density at radius 2 is 1.82 bits per heavy atom. The number of carbonyl (C=O) groups is 2. The molecule has 0 radical (unpaired) electrons. The Kier molecular flexibility index (Phi) is 7.77. The van der Waals surface area contributed by atoms with Crippen LogP contribution in [0.2, 0.25) is 5.02 Å². The number of alkyl halides is 3. The molecule has 0 saturated heterocycles. The fraction of sp³-hybridized carbons (Fsp3) is 0.263. The van der Waals surface area contributed by atoms with Gasteiger partial charge in [-0.3, -0.25) is 9.59 Å². The van der Waals surface area contributed by atoms with Crippen molar-refractivity contribution in [2.75, 3.05) is 16.4 Å². The molecule has 0 unspecified atom stereocenters. The second-order valence-corrected chi connectivity index (χ2v) is 7.31. The second kappa shape index (κ2) is 9.84. The van der Waals surface area contributed by atoms with E-state index in [0.717, 1.165) is 29.5 Å². The Balaban J connectivity index is 1.97. The first-order chi connectivity index (χ1) is 13.2. The number of halogens is 4. The largest absolute Gasteiger partial charge is 0.416 e. The maximum Gasteiger partial charge on any atom is 0.416 e. The summed E-state index contributed by atoms with van der Waals surface area (Å²) >= 11 is 7.06. The summed E-state index contributed by atoms with van der Waals surface area (Å²) in [6.45, 7) is 1.90. The molecule has 2 amide bonds. The van der Waals surface area contributed by atoms with Gasteiger partial charge in [-0.1, -0.05) is 24.6 Å². The zero-order valence-electron chi connectivity index (χ0n) is 14.9. The number of anilines is 2. The van der Waals surface area contributed by atoms with Gasteiger partial charge in [-0.05, 0) is 42.8 Å². The SMILES string of the molecule is CCCC(=O)Nc1cccc(SCC(=O)Nc2cc(C(F)(F)F)ccc2Cl)c1. The minimum atomic E-state index is -4.53. The molecular weight excluding hydrogens is 413 g/mol. The van der Waals surface area contributed by atoms with Crippen LogP contribution in [0.4, 0.5) is 24.5 Å². The van der Waals surface area contributed by atoms with Crippen molar-refractivity contribution in [3.05, 3.63) is 53.1 Å². The summed E-state index contributed by atoms with van der Waals surface area (Å²) in [6.07, 6.45) is -3.38. The summed E-state index contributed by atoms with van der Waals surface area (Å²) in [5, 5.41) is 5.18. The first-order valence-corrected chi connectivity index (χ1v) is 9.74. The van der Waals surface area contributed by atoms with Gasteiger partial charge in [0.25, 0.3) is 0 Å². The third-order valence-electron chi connectivity index (χ3n) is 3.53. The van der Waals surface area contributed by atoms with Gasteiger partial charge in [-0.2, -0.15) is 13.2 Å². The van der Waals surface area contributed by atoms with Crippen LogP contribution in [0.25, 0.3) is 0 Å². The molecule has 2 aromatic rings. The van der Waals surface area contributed by atoms with E-state index in [0.29, 0.717) is 12.1 Å². The predicted octanol–water partition coefficient (Wildman–Crippen LogP) is 5.83. The molecule has 0 aromatic heterocycles. The number of hydrogen-bond acceptors (Lipinski definition) is 3. The molecule has 150 valence electrons. The number of hydrogen-bond donors (Lipinski definition) is 2. The monoisotopic (exact) mass is 430 g/mol. The van der Waals surface area contributed by atoms with Gasteiger partial charge in [0.15, 0.2) is 0 Å². The Bertz CT molecular complexity index is 859. The Hall–Kier alpha value is -2.19. The van der Waals surface area contributed by atoms with Gasteiger partial charge in [0, 0.05) is 17.0 Å². The van der Waals surface area contributed by atoms with Crippen LogP contribution in [0.5, 0.6) is 0 Å². The number of thioether (sulfide) groups is 1. The van der Waals surface area contributed by atoms with Crippen molar-refractivity contribution >= 4 is 46.6 Å². The number of benzene rings is 2. The average Bonchev–Trinajstić information content (AvgIpc) is 2.61. The maximum absolute atomic E-state index is 12.8. The van der Waals surface area contributed by atoms with Crippen LogP contribution < -0.4 is 10.6 Å². The first kappa shape index (κ1) is 22.1. The lowest BCUT2D eigenvalue weighted by Crippen LogP contribution is -2.15. The van der Waals surface area contributed by atoms with E-state index < -0.39 is 17.6 Å². The highest BCUT2D eigenvalue weighted by molar-refractivity contribution is 8.00. The second-order valence-electron chi connectivity index (χ2n) is 5.86. The van der Waals surface area contributed by atoms with Gasteiger partial charge in [0.2, 0.25) is 11.8 Å². The van der Waals surface area contributed by atoms with Crippen molar-refractivity contribution in [2.24, 2.45) is 0 Å². The van der Waals surface area contributed by atoms with E-state index in [1.807, 2.05) is 6.92 Å². The quantitative estimate of drug-likeness (QED) is 0.543. The fourth-order valence-corrected chi connectivity index (χ4v) is 3.17. The van der Waals surface area contributed by atoms with Gasteiger partial charge >= 0.3 is 6.18 Å². The van der Waals surface area contributed by atoms with Gasteiger partial charge in [-0.25, -0.2) is 0 Å². The summed E-state index contributed by atoms with van der Waals surface area (Å²) < 4.78 is 38.4. The summed E-state index contributed by atoms with van der Waals surface area (Å²) in [7, 11) is 0. The van der Waals surface area contributed by atoms with Crippen LogP contribution in [0.3, 0.4) is 0 Å². The topological polar surface area (TPSA) is 58.2 Å². The summed E-state index contributed by atoms with van der Waals surface area (Å²) in [5.74, 6) is -0.618. The molecule has 0 atom stereocenters. The molecule has 0 heterocycles. The van der Waals surface area contributed by atoms with Crippen molar-refractivity contribution in [1.29, 1.82) is 0 Å².